The van der Waals surface area contributed by atoms with Crippen LogP contribution in [0.15, 0.2) is 0 Å². The summed E-state index contributed by atoms with van der Waals surface area (Å²) in [5.74, 6) is 0. The number of hydrogen-bond acceptors (Lipinski definition) is 1. The van der Waals surface area contributed by atoms with Crippen molar-refractivity contribution in [1.82, 2.24) is 4.90 Å². The summed E-state index contributed by atoms with van der Waals surface area (Å²) < 4.78 is 0. The third kappa shape index (κ3) is 4.45. The Morgan fingerprint density at radius 3 is 2.50 bits per heavy atom. The van der Waals surface area contributed by atoms with E-state index in [1.165, 1.54) is 45.2 Å². The van der Waals surface area contributed by atoms with Crippen molar-refractivity contribution in [3.8, 4) is 0 Å². The van der Waals surface area contributed by atoms with Crippen LogP contribution in [0.25, 0.3) is 0 Å². The lowest BCUT2D eigenvalue weighted by atomic mass is 9.90. The summed E-state index contributed by atoms with van der Waals surface area (Å²) in [5.41, 5.74) is 0.513. The van der Waals surface area contributed by atoms with Crippen LogP contribution in [-0.2, 0) is 0 Å². The quantitative estimate of drug-likeness (QED) is 0.667. The molecule has 1 atom stereocenters. The topological polar surface area (TPSA) is 3.24 Å². The van der Waals surface area contributed by atoms with Crippen molar-refractivity contribution in [3.63, 3.8) is 0 Å². The summed E-state index contributed by atoms with van der Waals surface area (Å²) in [7, 11) is 0. The van der Waals surface area contributed by atoms with E-state index in [-0.39, 0.29) is 0 Å². The number of hydrogen-bond donors (Lipinski definition) is 0. The van der Waals surface area contributed by atoms with E-state index in [0.717, 1.165) is 6.04 Å². The highest BCUT2D eigenvalue weighted by Gasteiger charge is 2.18. The van der Waals surface area contributed by atoms with Gasteiger partial charge < -0.3 is 4.90 Å². The van der Waals surface area contributed by atoms with Gasteiger partial charge in [0, 0.05) is 6.04 Å². The molecule has 1 nitrogen and oxygen atoms in total. The van der Waals surface area contributed by atoms with Gasteiger partial charge in [-0.15, -0.1) is 0 Å². The fourth-order valence-corrected chi connectivity index (χ4v) is 2.30. The highest BCUT2D eigenvalue weighted by Crippen LogP contribution is 2.22. The van der Waals surface area contributed by atoms with E-state index in [2.05, 4.69) is 32.6 Å². The molecular formula is C13H27N. The Hall–Kier alpha value is -0.0400. The van der Waals surface area contributed by atoms with E-state index in [9.17, 15) is 0 Å². The fraction of sp³-hybridized carbons (Fsp3) is 1.00. The van der Waals surface area contributed by atoms with Crippen LogP contribution < -0.4 is 0 Å². The molecular weight excluding hydrogens is 170 g/mol. The van der Waals surface area contributed by atoms with Crippen molar-refractivity contribution in [2.45, 2.75) is 65.8 Å². The molecule has 0 aromatic heterocycles. The molecule has 1 rings (SSSR count). The van der Waals surface area contributed by atoms with Crippen LogP contribution in [0.3, 0.4) is 0 Å². The van der Waals surface area contributed by atoms with E-state index < -0.39 is 0 Å². The van der Waals surface area contributed by atoms with Crippen LogP contribution in [-0.4, -0.2) is 24.0 Å². The first kappa shape index (κ1) is 12.0. The minimum absolute atomic E-state index is 0.513. The van der Waals surface area contributed by atoms with Crippen LogP contribution in [0.5, 0.6) is 0 Å². The third-order valence-corrected chi connectivity index (χ3v) is 3.31. The van der Waals surface area contributed by atoms with Gasteiger partial charge in [0.05, 0.1) is 0 Å². The second-order valence-corrected chi connectivity index (χ2v) is 6.04. The Balaban J connectivity index is 2.17. The molecule has 0 amide bonds. The average Bonchev–Trinajstić information content (AvgIpc) is 2.06. The third-order valence-electron chi connectivity index (χ3n) is 3.31. The number of rotatable bonds is 3. The van der Waals surface area contributed by atoms with E-state index in [1.54, 1.807) is 0 Å². The van der Waals surface area contributed by atoms with E-state index in [4.69, 9.17) is 0 Å². The first-order valence-electron chi connectivity index (χ1n) is 6.23. The molecule has 0 radical (unpaired) electrons. The maximum Gasteiger partial charge on any atom is 0.00669 e. The average molecular weight is 197 g/mol. The highest BCUT2D eigenvalue weighted by atomic mass is 15.1. The Kier molecular flexibility index (Phi) is 4.43. The Labute approximate surface area is 89.9 Å². The largest absolute Gasteiger partial charge is 0.301 e. The standard InChI is InChI=1S/C13H27N/c1-12-8-5-6-10-14(12)11-7-9-13(2,3)4/h12H,5-11H2,1-4H3. The molecule has 1 aliphatic rings. The maximum absolute atomic E-state index is 2.68. The molecule has 0 aromatic rings. The molecule has 0 aliphatic carbocycles. The van der Waals surface area contributed by atoms with Crippen LogP contribution in [0.4, 0.5) is 0 Å². The molecule has 84 valence electrons. The zero-order chi connectivity index (χ0) is 10.6. The summed E-state index contributed by atoms with van der Waals surface area (Å²) in [6.45, 7) is 12.1. The number of piperidine rings is 1. The van der Waals surface area contributed by atoms with Gasteiger partial charge in [-0.05, 0) is 51.1 Å². The molecule has 0 saturated carbocycles. The number of likely N-dealkylation sites (tertiary alicyclic amines) is 1. The van der Waals surface area contributed by atoms with E-state index in [1.807, 2.05) is 0 Å². The Morgan fingerprint density at radius 1 is 1.21 bits per heavy atom. The normalized spacial score (nSPS) is 25.3. The van der Waals surface area contributed by atoms with Crippen molar-refractivity contribution in [2.24, 2.45) is 5.41 Å². The predicted molar refractivity (Wildman–Crippen MR) is 63.6 cm³/mol. The highest BCUT2D eigenvalue weighted by molar-refractivity contribution is 4.73. The maximum atomic E-state index is 2.68. The van der Waals surface area contributed by atoms with Gasteiger partial charge in [-0.2, -0.15) is 0 Å². The van der Waals surface area contributed by atoms with Gasteiger partial charge in [-0.3, -0.25) is 0 Å². The molecule has 1 saturated heterocycles. The van der Waals surface area contributed by atoms with Crippen LogP contribution in [0.1, 0.15) is 59.8 Å². The van der Waals surface area contributed by atoms with Crippen molar-refractivity contribution < 1.29 is 0 Å². The Bertz CT molecular complexity index is 157. The van der Waals surface area contributed by atoms with Crippen LogP contribution >= 0.6 is 0 Å². The SMILES string of the molecule is CC1CCCCN1CCCC(C)(C)C. The molecule has 1 heterocycles. The monoisotopic (exact) mass is 197 g/mol. The minimum atomic E-state index is 0.513. The molecule has 1 aliphatic heterocycles. The van der Waals surface area contributed by atoms with Gasteiger partial charge in [0.2, 0.25) is 0 Å². The Morgan fingerprint density at radius 2 is 1.93 bits per heavy atom. The summed E-state index contributed by atoms with van der Waals surface area (Å²) in [5, 5.41) is 0. The molecule has 14 heavy (non-hydrogen) atoms. The van der Waals surface area contributed by atoms with Gasteiger partial charge in [0.1, 0.15) is 0 Å². The van der Waals surface area contributed by atoms with E-state index >= 15 is 0 Å². The van der Waals surface area contributed by atoms with Gasteiger partial charge in [-0.25, -0.2) is 0 Å². The molecule has 1 unspecified atom stereocenters. The predicted octanol–water partition coefficient (Wildman–Crippen LogP) is 3.69. The lowest BCUT2D eigenvalue weighted by molar-refractivity contribution is 0.152. The first-order chi connectivity index (χ1) is 6.49. The second-order valence-electron chi connectivity index (χ2n) is 6.04. The van der Waals surface area contributed by atoms with Crippen molar-refractivity contribution >= 4 is 0 Å². The number of nitrogens with zero attached hydrogens (tertiary/aromatic N) is 1. The van der Waals surface area contributed by atoms with E-state index in [0.29, 0.717) is 5.41 Å². The van der Waals surface area contributed by atoms with Gasteiger partial charge in [0.15, 0.2) is 0 Å². The smallest absolute Gasteiger partial charge is 0.00669 e. The molecule has 0 N–H and O–H groups in total. The van der Waals surface area contributed by atoms with Gasteiger partial charge >= 0.3 is 0 Å². The molecule has 0 spiro atoms. The van der Waals surface area contributed by atoms with Gasteiger partial charge in [-0.1, -0.05) is 27.2 Å². The zero-order valence-corrected chi connectivity index (χ0v) is 10.5. The summed E-state index contributed by atoms with van der Waals surface area (Å²) in [6, 6.07) is 0.837. The lowest BCUT2D eigenvalue weighted by Gasteiger charge is -2.34. The van der Waals surface area contributed by atoms with Crippen LogP contribution in [0, 0.1) is 5.41 Å². The second kappa shape index (κ2) is 5.16. The first-order valence-corrected chi connectivity index (χ1v) is 6.23. The van der Waals surface area contributed by atoms with Gasteiger partial charge in [0.25, 0.3) is 0 Å². The lowest BCUT2D eigenvalue weighted by Crippen LogP contribution is -2.38. The molecule has 1 fully saturated rings. The zero-order valence-electron chi connectivity index (χ0n) is 10.5. The molecule has 1 heteroatoms. The molecule has 0 aromatic carbocycles. The summed E-state index contributed by atoms with van der Waals surface area (Å²) >= 11 is 0. The van der Waals surface area contributed by atoms with Crippen LogP contribution in [0.2, 0.25) is 0 Å². The fourth-order valence-electron chi connectivity index (χ4n) is 2.30. The van der Waals surface area contributed by atoms with Crippen molar-refractivity contribution in [1.29, 1.82) is 0 Å². The summed E-state index contributed by atoms with van der Waals surface area (Å²) in [4.78, 5) is 2.68. The summed E-state index contributed by atoms with van der Waals surface area (Å²) in [6.07, 6.45) is 7.00. The van der Waals surface area contributed by atoms with Crippen molar-refractivity contribution in [2.75, 3.05) is 13.1 Å². The molecule has 0 bridgehead atoms. The van der Waals surface area contributed by atoms with Crippen molar-refractivity contribution in [3.05, 3.63) is 0 Å². The minimum Gasteiger partial charge on any atom is -0.301 e.